The van der Waals surface area contributed by atoms with Gasteiger partial charge >= 0.3 is 35.5 Å². The van der Waals surface area contributed by atoms with E-state index >= 15 is 0 Å². The molecule has 0 fully saturated rings. The Bertz CT molecular complexity index is 292. The molecular formula is C10H18NaO5P. The van der Waals surface area contributed by atoms with Gasteiger partial charge in [-0.05, 0) is 12.6 Å². The Hall–Kier alpha value is 0.330. The summed E-state index contributed by atoms with van der Waals surface area (Å²) in [4.78, 5) is 33.5. The molecule has 0 amide bonds. The topological polar surface area (TPSA) is 83.5 Å². The maximum Gasteiger partial charge on any atom is 1.00 e. The first-order chi connectivity index (χ1) is 7.44. The Labute approximate surface area is 124 Å². The number of hydrogen-bond donors (Lipinski definition) is 0. The van der Waals surface area contributed by atoms with Crippen molar-refractivity contribution < 1.29 is 53.3 Å². The van der Waals surface area contributed by atoms with Gasteiger partial charge in [0, 0.05) is 6.42 Å². The predicted octanol–water partition coefficient (Wildman–Crippen LogP) is -1.70. The van der Waals surface area contributed by atoms with Gasteiger partial charge < -0.3 is 14.2 Å². The summed E-state index contributed by atoms with van der Waals surface area (Å²) < 4.78 is 15.8. The zero-order chi connectivity index (χ0) is 12.6. The summed E-state index contributed by atoms with van der Waals surface area (Å²) in [5.41, 5.74) is -0.839. The fourth-order valence-corrected chi connectivity index (χ4v) is 2.52. The molecule has 0 aliphatic carbocycles. The van der Waals surface area contributed by atoms with E-state index in [-0.39, 0.29) is 48.6 Å². The van der Waals surface area contributed by atoms with Crippen molar-refractivity contribution in [3.8, 4) is 0 Å². The fraction of sp³-hybridized carbons (Fsp3) is 0.800. The van der Waals surface area contributed by atoms with Gasteiger partial charge in [-0.1, -0.05) is 19.8 Å². The van der Waals surface area contributed by atoms with Crippen molar-refractivity contribution in [3.63, 3.8) is 0 Å². The molecule has 0 spiro atoms. The van der Waals surface area contributed by atoms with Crippen LogP contribution in [0.4, 0.5) is 0 Å². The van der Waals surface area contributed by atoms with Crippen molar-refractivity contribution in [2.24, 2.45) is 0 Å². The number of unbranched alkanes of at least 4 members (excludes halogenated alkanes) is 2. The van der Waals surface area contributed by atoms with E-state index in [4.69, 9.17) is 0 Å². The van der Waals surface area contributed by atoms with Gasteiger partial charge in [0.05, 0.1) is 20.9 Å². The number of carbonyl (C=O) groups is 2. The smallest absolute Gasteiger partial charge is 0.794 e. The Balaban J connectivity index is 0. The van der Waals surface area contributed by atoms with Crippen molar-refractivity contribution in [1.82, 2.24) is 0 Å². The summed E-state index contributed by atoms with van der Waals surface area (Å²) in [6.07, 6.45) is 1.64. The molecule has 0 radical (unpaired) electrons. The van der Waals surface area contributed by atoms with Gasteiger partial charge in [-0.25, -0.2) is 0 Å². The average molecular weight is 272 g/mol. The SMILES string of the molecule is CCCCCP(=O)([O-])C(=O)CCC(=O)OC.[Na+]. The van der Waals surface area contributed by atoms with Gasteiger partial charge in [0.25, 0.3) is 0 Å². The van der Waals surface area contributed by atoms with Gasteiger partial charge in [0.15, 0.2) is 5.52 Å². The number of hydrogen-bond acceptors (Lipinski definition) is 5. The van der Waals surface area contributed by atoms with Crippen molar-refractivity contribution in [3.05, 3.63) is 0 Å². The van der Waals surface area contributed by atoms with Crippen molar-refractivity contribution in [2.45, 2.75) is 39.0 Å². The van der Waals surface area contributed by atoms with E-state index < -0.39 is 18.9 Å². The minimum absolute atomic E-state index is 0. The van der Waals surface area contributed by atoms with Crippen molar-refractivity contribution >= 4 is 18.9 Å². The molecule has 0 aromatic heterocycles. The summed E-state index contributed by atoms with van der Waals surface area (Å²) >= 11 is 0. The summed E-state index contributed by atoms with van der Waals surface area (Å²) in [5, 5.41) is 0. The van der Waals surface area contributed by atoms with Gasteiger partial charge in [0.1, 0.15) is 0 Å². The zero-order valence-corrected chi connectivity index (χ0v) is 13.6. The third-order valence-corrected chi connectivity index (χ3v) is 4.10. The van der Waals surface area contributed by atoms with Gasteiger partial charge in [-0.3, -0.25) is 9.59 Å². The molecule has 0 saturated heterocycles. The predicted molar refractivity (Wildman–Crippen MR) is 58.3 cm³/mol. The van der Waals surface area contributed by atoms with Crippen LogP contribution in [0, 0.1) is 0 Å². The number of rotatable bonds is 8. The Morgan fingerprint density at radius 2 is 1.82 bits per heavy atom. The van der Waals surface area contributed by atoms with Crippen LogP contribution in [0.15, 0.2) is 0 Å². The van der Waals surface area contributed by atoms with Crippen LogP contribution in [-0.4, -0.2) is 24.8 Å². The monoisotopic (exact) mass is 272 g/mol. The molecule has 0 aromatic rings. The quantitative estimate of drug-likeness (QED) is 0.227. The number of esters is 1. The van der Waals surface area contributed by atoms with E-state index in [0.717, 1.165) is 12.8 Å². The molecule has 0 saturated carbocycles. The molecule has 1 unspecified atom stereocenters. The molecule has 94 valence electrons. The molecule has 0 heterocycles. The van der Waals surface area contributed by atoms with E-state index in [9.17, 15) is 19.0 Å². The standard InChI is InChI=1S/C10H19O5P.Na/c1-3-4-5-8-16(13,14)10(12)7-6-9(11)15-2;/h3-8H2,1-2H3,(H,13,14);/q;+1/p-1. The van der Waals surface area contributed by atoms with Crippen LogP contribution >= 0.6 is 7.37 Å². The first kappa shape index (κ1) is 19.7. The fourth-order valence-electron chi connectivity index (χ4n) is 1.18. The zero-order valence-electron chi connectivity index (χ0n) is 10.7. The van der Waals surface area contributed by atoms with Crippen LogP contribution in [0.25, 0.3) is 0 Å². The van der Waals surface area contributed by atoms with E-state index in [1.807, 2.05) is 6.92 Å². The van der Waals surface area contributed by atoms with Crippen LogP contribution in [-0.2, 0) is 18.9 Å². The Morgan fingerprint density at radius 1 is 1.24 bits per heavy atom. The average Bonchev–Trinajstić information content (AvgIpc) is 2.25. The minimum Gasteiger partial charge on any atom is -0.794 e. The molecular weight excluding hydrogens is 254 g/mol. The van der Waals surface area contributed by atoms with Gasteiger partial charge in [-0.2, -0.15) is 0 Å². The van der Waals surface area contributed by atoms with Gasteiger partial charge in [-0.15, -0.1) is 0 Å². The normalized spacial score (nSPS) is 13.4. The van der Waals surface area contributed by atoms with Crippen molar-refractivity contribution in [2.75, 3.05) is 13.3 Å². The van der Waals surface area contributed by atoms with Crippen LogP contribution in [0.1, 0.15) is 39.0 Å². The van der Waals surface area contributed by atoms with E-state index in [0.29, 0.717) is 6.42 Å². The molecule has 17 heavy (non-hydrogen) atoms. The molecule has 7 heteroatoms. The molecule has 0 aliphatic rings. The van der Waals surface area contributed by atoms with Crippen molar-refractivity contribution in [1.29, 1.82) is 0 Å². The molecule has 0 rings (SSSR count). The maximum atomic E-state index is 11.4. The third kappa shape index (κ3) is 8.97. The molecule has 0 aromatic carbocycles. The van der Waals surface area contributed by atoms with Crippen LogP contribution in [0.2, 0.25) is 0 Å². The van der Waals surface area contributed by atoms with Crippen LogP contribution < -0.4 is 34.5 Å². The second-order valence-corrected chi connectivity index (χ2v) is 5.87. The summed E-state index contributed by atoms with van der Waals surface area (Å²) in [6.45, 7) is 1.95. The van der Waals surface area contributed by atoms with E-state index in [1.54, 1.807) is 0 Å². The summed E-state index contributed by atoms with van der Waals surface area (Å²) in [6, 6.07) is 0. The Morgan fingerprint density at radius 3 is 2.29 bits per heavy atom. The van der Waals surface area contributed by atoms with Gasteiger partial charge in [0.2, 0.25) is 0 Å². The summed E-state index contributed by atoms with van der Waals surface area (Å²) in [7, 11) is -2.78. The number of ether oxygens (including phenoxy) is 1. The molecule has 1 atom stereocenters. The minimum atomic E-state index is -3.98. The van der Waals surface area contributed by atoms with E-state index in [2.05, 4.69) is 4.74 Å². The number of carbonyl (C=O) groups excluding carboxylic acids is 2. The molecule has 0 aliphatic heterocycles. The maximum absolute atomic E-state index is 11.4. The second-order valence-electron chi connectivity index (χ2n) is 3.57. The van der Waals surface area contributed by atoms with Crippen LogP contribution in [0.3, 0.4) is 0 Å². The van der Waals surface area contributed by atoms with E-state index in [1.165, 1.54) is 7.11 Å². The first-order valence-electron chi connectivity index (χ1n) is 5.34. The molecule has 0 N–H and O–H groups in total. The second kappa shape index (κ2) is 10.3. The molecule has 5 nitrogen and oxygen atoms in total. The number of methoxy groups -OCH3 is 1. The molecule has 0 bridgehead atoms. The third-order valence-electron chi connectivity index (χ3n) is 2.21. The largest absolute Gasteiger partial charge is 1.00 e. The summed E-state index contributed by atoms with van der Waals surface area (Å²) in [5.74, 6) is -0.568. The first-order valence-corrected chi connectivity index (χ1v) is 7.15. The Kier molecular flexibility index (Phi) is 11.9. The van der Waals surface area contributed by atoms with Crippen LogP contribution in [0.5, 0.6) is 0 Å².